The van der Waals surface area contributed by atoms with E-state index >= 15 is 0 Å². The monoisotopic (exact) mass is 356 g/mol. The number of ether oxygens (including phenoxy) is 1. The molecule has 1 saturated heterocycles. The molecule has 0 saturated carbocycles. The molecule has 2 N–H and O–H groups in total. The van der Waals surface area contributed by atoms with E-state index in [0.717, 1.165) is 12.8 Å². The predicted octanol–water partition coefficient (Wildman–Crippen LogP) is 2.07. The Morgan fingerprint density at radius 3 is 2.23 bits per heavy atom. The first-order chi connectivity index (χ1) is 9.93. The summed E-state index contributed by atoms with van der Waals surface area (Å²) in [6.07, 6.45) is 1.48. The molecule has 22 heavy (non-hydrogen) atoms. The van der Waals surface area contributed by atoms with Crippen molar-refractivity contribution in [1.29, 1.82) is 0 Å². The van der Waals surface area contributed by atoms with Crippen LogP contribution in [0.15, 0.2) is 29.2 Å². The van der Waals surface area contributed by atoms with Gasteiger partial charge in [-0.1, -0.05) is 0 Å². The van der Waals surface area contributed by atoms with Crippen molar-refractivity contribution in [2.45, 2.75) is 24.3 Å². The molecule has 1 aromatic carbocycles. The summed E-state index contributed by atoms with van der Waals surface area (Å²) in [4.78, 5) is 0.0790. The van der Waals surface area contributed by atoms with Crippen molar-refractivity contribution in [3.8, 4) is 5.75 Å². The van der Waals surface area contributed by atoms with E-state index in [1.807, 2.05) is 0 Å². The van der Waals surface area contributed by atoms with Crippen LogP contribution in [0.4, 0.5) is 8.78 Å². The van der Waals surface area contributed by atoms with Crippen LogP contribution in [-0.4, -0.2) is 39.0 Å². The average Bonchev–Trinajstić information content (AvgIpc) is 2.47. The average molecular weight is 357 g/mol. The maximum absolute atomic E-state index is 12.4. The van der Waals surface area contributed by atoms with Crippen molar-refractivity contribution in [3.05, 3.63) is 24.3 Å². The largest absolute Gasteiger partial charge is 0.435 e. The zero-order chi connectivity index (χ0) is 15.5. The van der Waals surface area contributed by atoms with Gasteiger partial charge < -0.3 is 10.5 Å². The second-order valence-corrected chi connectivity index (χ2v) is 6.87. The van der Waals surface area contributed by atoms with Gasteiger partial charge in [0.05, 0.1) is 4.90 Å². The third-order valence-corrected chi connectivity index (χ3v) is 5.51. The number of hydrogen-bond acceptors (Lipinski definition) is 4. The first-order valence-corrected chi connectivity index (χ1v) is 8.12. The lowest BCUT2D eigenvalue weighted by atomic mass is 9.99. The lowest BCUT2D eigenvalue weighted by Crippen LogP contribution is -2.39. The Bertz CT molecular complexity index is 561. The molecular weight excluding hydrogens is 338 g/mol. The maximum atomic E-state index is 12.4. The molecule has 2 rings (SSSR count). The van der Waals surface area contributed by atoms with Crippen LogP contribution in [0, 0.1) is 5.92 Å². The summed E-state index contributed by atoms with van der Waals surface area (Å²) in [5.41, 5.74) is 5.58. The number of nitrogens with zero attached hydrogens (tertiary/aromatic N) is 1. The van der Waals surface area contributed by atoms with Crippen LogP contribution >= 0.6 is 12.4 Å². The van der Waals surface area contributed by atoms with Gasteiger partial charge in [-0.2, -0.15) is 13.1 Å². The SMILES string of the molecule is Cl.NCC1CCN(S(=O)(=O)c2ccc(OC(F)F)cc2)CC1. The summed E-state index contributed by atoms with van der Waals surface area (Å²) >= 11 is 0. The number of sulfonamides is 1. The number of piperidine rings is 1. The molecule has 1 fully saturated rings. The molecule has 5 nitrogen and oxygen atoms in total. The van der Waals surface area contributed by atoms with E-state index in [4.69, 9.17) is 5.73 Å². The van der Waals surface area contributed by atoms with E-state index in [2.05, 4.69) is 4.74 Å². The van der Waals surface area contributed by atoms with Crippen molar-refractivity contribution in [3.63, 3.8) is 0 Å². The highest BCUT2D eigenvalue weighted by Gasteiger charge is 2.28. The summed E-state index contributed by atoms with van der Waals surface area (Å²) in [6, 6.07) is 5.02. The van der Waals surface area contributed by atoms with E-state index < -0.39 is 16.6 Å². The topological polar surface area (TPSA) is 72.6 Å². The highest BCUT2D eigenvalue weighted by Crippen LogP contribution is 2.25. The van der Waals surface area contributed by atoms with E-state index in [9.17, 15) is 17.2 Å². The Balaban J connectivity index is 0.00000242. The van der Waals surface area contributed by atoms with Gasteiger partial charge in [0.15, 0.2) is 0 Å². The third-order valence-electron chi connectivity index (χ3n) is 3.59. The minimum atomic E-state index is -3.59. The normalized spacial score (nSPS) is 17.3. The molecule has 0 spiro atoms. The fourth-order valence-electron chi connectivity index (χ4n) is 2.33. The van der Waals surface area contributed by atoms with Gasteiger partial charge in [0, 0.05) is 13.1 Å². The number of hydrogen-bond donors (Lipinski definition) is 1. The molecular formula is C13H19ClF2N2O3S. The van der Waals surface area contributed by atoms with E-state index in [1.165, 1.54) is 28.6 Å². The predicted molar refractivity (Wildman–Crippen MR) is 80.9 cm³/mol. The zero-order valence-electron chi connectivity index (χ0n) is 11.8. The molecule has 1 aliphatic heterocycles. The molecule has 1 aliphatic rings. The van der Waals surface area contributed by atoms with Crippen LogP contribution in [0.2, 0.25) is 0 Å². The zero-order valence-corrected chi connectivity index (χ0v) is 13.5. The minimum absolute atomic E-state index is 0. The molecule has 1 heterocycles. The van der Waals surface area contributed by atoms with Gasteiger partial charge in [0.1, 0.15) is 5.75 Å². The van der Waals surface area contributed by atoms with Crippen molar-refractivity contribution in [2.24, 2.45) is 11.7 Å². The number of rotatable bonds is 5. The van der Waals surface area contributed by atoms with Crippen molar-refractivity contribution < 1.29 is 21.9 Å². The van der Waals surface area contributed by atoms with Crippen LogP contribution < -0.4 is 10.5 Å². The second-order valence-electron chi connectivity index (χ2n) is 4.93. The molecule has 0 aliphatic carbocycles. The van der Waals surface area contributed by atoms with Crippen molar-refractivity contribution in [2.75, 3.05) is 19.6 Å². The van der Waals surface area contributed by atoms with Gasteiger partial charge in [-0.3, -0.25) is 0 Å². The summed E-state index contributed by atoms with van der Waals surface area (Å²) in [6.45, 7) is -1.50. The molecule has 126 valence electrons. The highest BCUT2D eigenvalue weighted by molar-refractivity contribution is 7.89. The smallest absolute Gasteiger partial charge is 0.387 e. The highest BCUT2D eigenvalue weighted by atomic mass is 35.5. The number of alkyl halides is 2. The summed E-state index contributed by atoms with van der Waals surface area (Å²) in [7, 11) is -3.59. The molecule has 0 amide bonds. The van der Waals surface area contributed by atoms with E-state index in [1.54, 1.807) is 0 Å². The summed E-state index contributed by atoms with van der Waals surface area (Å²) in [5, 5.41) is 0. The van der Waals surface area contributed by atoms with Gasteiger partial charge in [0.25, 0.3) is 0 Å². The lowest BCUT2D eigenvalue weighted by Gasteiger charge is -2.30. The Morgan fingerprint density at radius 1 is 1.23 bits per heavy atom. The summed E-state index contributed by atoms with van der Waals surface area (Å²) < 4.78 is 54.6. The Kier molecular flexibility index (Phi) is 6.98. The van der Waals surface area contributed by atoms with E-state index in [-0.39, 0.29) is 23.1 Å². The van der Waals surface area contributed by atoms with Crippen LogP contribution in [0.25, 0.3) is 0 Å². The van der Waals surface area contributed by atoms with Gasteiger partial charge in [-0.25, -0.2) is 8.42 Å². The third kappa shape index (κ3) is 4.52. The van der Waals surface area contributed by atoms with Crippen molar-refractivity contribution in [1.82, 2.24) is 4.31 Å². The molecule has 0 bridgehead atoms. The number of halogens is 3. The lowest BCUT2D eigenvalue weighted by molar-refractivity contribution is -0.0498. The van der Waals surface area contributed by atoms with Crippen LogP contribution in [0.3, 0.4) is 0 Å². The standard InChI is InChI=1S/C13H18F2N2O3S.ClH/c14-13(15)20-11-1-3-12(4-2-11)21(18,19)17-7-5-10(9-16)6-8-17;/h1-4,10,13H,5-9,16H2;1H. The van der Waals surface area contributed by atoms with Crippen LogP contribution in [0.5, 0.6) is 5.75 Å². The van der Waals surface area contributed by atoms with Gasteiger partial charge >= 0.3 is 6.61 Å². The molecule has 0 radical (unpaired) electrons. The summed E-state index contributed by atoms with van der Waals surface area (Å²) in [5.74, 6) is 0.295. The minimum Gasteiger partial charge on any atom is -0.435 e. The quantitative estimate of drug-likeness (QED) is 0.876. The van der Waals surface area contributed by atoms with Gasteiger partial charge in [-0.05, 0) is 49.6 Å². The molecule has 0 unspecified atom stereocenters. The Labute approximate surface area is 134 Å². The molecule has 1 aromatic rings. The van der Waals surface area contributed by atoms with E-state index in [0.29, 0.717) is 25.6 Å². The number of nitrogens with two attached hydrogens (primary N) is 1. The molecule has 0 aromatic heterocycles. The van der Waals surface area contributed by atoms with Crippen LogP contribution in [0.1, 0.15) is 12.8 Å². The first kappa shape index (κ1) is 19.1. The Hall–Kier alpha value is -0.960. The van der Waals surface area contributed by atoms with Gasteiger partial charge in [-0.15, -0.1) is 12.4 Å². The first-order valence-electron chi connectivity index (χ1n) is 6.68. The maximum Gasteiger partial charge on any atom is 0.387 e. The fraction of sp³-hybridized carbons (Fsp3) is 0.538. The van der Waals surface area contributed by atoms with Gasteiger partial charge in [0.2, 0.25) is 10.0 Å². The Morgan fingerprint density at radius 2 is 1.77 bits per heavy atom. The fourth-order valence-corrected chi connectivity index (χ4v) is 3.80. The van der Waals surface area contributed by atoms with Crippen molar-refractivity contribution >= 4 is 22.4 Å². The second kappa shape index (κ2) is 8.05. The molecule has 0 atom stereocenters. The van der Waals surface area contributed by atoms with Crippen LogP contribution in [-0.2, 0) is 10.0 Å². The number of benzene rings is 1. The molecule has 9 heteroatoms.